The summed E-state index contributed by atoms with van der Waals surface area (Å²) in [6.45, 7) is 5.81. The highest BCUT2D eigenvalue weighted by atomic mass is 16.5. The number of ether oxygens (including phenoxy) is 1. The topological polar surface area (TPSA) is 196 Å². The maximum atomic E-state index is 12.8. The lowest BCUT2D eigenvalue weighted by Crippen LogP contribution is -2.46. The van der Waals surface area contributed by atoms with Crippen LogP contribution in [0.25, 0.3) is 0 Å². The van der Waals surface area contributed by atoms with E-state index in [4.69, 9.17) is 16.2 Å². The molecule has 0 fully saturated rings. The standard InChI is InChI=1S/C31H53N9O5/c1-6-9-25(26(11-8-16-34-31(33)44)38-29(43)21-36-28(42)20-35-27(41)19-32)37-24-14-12-23(13-15-24)22-45-30(10-7-2)40(5)18-17-39(3)4/h9-10,12-15,26,37H,6-8,11,16-22,32H2,1-5H3,(H,35,41)(H,36,42)(H,38,43)(H3,33,34,44)/b25-9-,30-10+. The number of likely N-dealkylation sites (N-methyl/N-ethyl adjacent to an activating group) is 2. The van der Waals surface area contributed by atoms with Gasteiger partial charge in [-0.1, -0.05) is 32.1 Å². The molecular weight excluding hydrogens is 578 g/mol. The Morgan fingerprint density at radius 2 is 1.53 bits per heavy atom. The fourth-order valence-corrected chi connectivity index (χ4v) is 4.03. The molecule has 14 nitrogen and oxygen atoms in total. The van der Waals surface area contributed by atoms with E-state index in [0.717, 1.165) is 42.3 Å². The van der Waals surface area contributed by atoms with Crippen LogP contribution in [-0.2, 0) is 25.7 Å². The number of rotatable bonds is 22. The van der Waals surface area contributed by atoms with Gasteiger partial charge >= 0.3 is 6.03 Å². The van der Waals surface area contributed by atoms with E-state index in [0.29, 0.717) is 32.4 Å². The summed E-state index contributed by atoms with van der Waals surface area (Å²) in [5.41, 5.74) is 13.0. The van der Waals surface area contributed by atoms with Crippen LogP contribution in [0, 0.1) is 0 Å². The smallest absolute Gasteiger partial charge is 0.312 e. The number of amides is 5. The Kier molecular flexibility index (Phi) is 19.1. The van der Waals surface area contributed by atoms with Crippen molar-refractivity contribution in [3.63, 3.8) is 0 Å². The minimum Gasteiger partial charge on any atom is -0.474 e. The highest BCUT2D eigenvalue weighted by molar-refractivity contribution is 5.88. The van der Waals surface area contributed by atoms with Gasteiger partial charge in [0.05, 0.1) is 25.7 Å². The highest BCUT2D eigenvalue weighted by Gasteiger charge is 2.18. The van der Waals surface area contributed by atoms with Gasteiger partial charge in [-0.05, 0) is 63.6 Å². The zero-order valence-corrected chi connectivity index (χ0v) is 27.4. The lowest BCUT2D eigenvalue weighted by atomic mass is 10.1. The Bertz CT molecular complexity index is 1120. The quantitative estimate of drug-likeness (QED) is 0.0715. The molecule has 1 aromatic carbocycles. The summed E-state index contributed by atoms with van der Waals surface area (Å²) < 4.78 is 6.14. The predicted molar refractivity (Wildman–Crippen MR) is 177 cm³/mol. The second-order valence-electron chi connectivity index (χ2n) is 10.7. The molecule has 0 heterocycles. The Hall–Kier alpha value is -4.30. The minimum absolute atomic E-state index is 0.234. The largest absolute Gasteiger partial charge is 0.474 e. The van der Waals surface area contributed by atoms with E-state index in [1.807, 2.05) is 58.4 Å². The predicted octanol–water partition coefficient (Wildman–Crippen LogP) is 0.778. The maximum absolute atomic E-state index is 12.8. The Balaban J connectivity index is 2.91. The molecule has 0 aliphatic heterocycles. The van der Waals surface area contributed by atoms with Crippen LogP contribution in [0.2, 0.25) is 0 Å². The molecule has 1 aromatic rings. The molecule has 0 spiro atoms. The number of primary amides is 1. The molecule has 1 atom stereocenters. The van der Waals surface area contributed by atoms with Gasteiger partial charge in [0.15, 0.2) is 5.88 Å². The number of nitrogens with one attached hydrogen (secondary N) is 5. The van der Waals surface area contributed by atoms with E-state index >= 15 is 0 Å². The molecule has 1 unspecified atom stereocenters. The molecule has 0 saturated carbocycles. The van der Waals surface area contributed by atoms with Crippen molar-refractivity contribution < 1.29 is 23.9 Å². The highest BCUT2D eigenvalue weighted by Crippen LogP contribution is 2.18. The zero-order valence-electron chi connectivity index (χ0n) is 27.4. The summed E-state index contributed by atoms with van der Waals surface area (Å²) in [6, 6.07) is 6.80. The second kappa shape index (κ2) is 22.2. The maximum Gasteiger partial charge on any atom is 0.312 e. The van der Waals surface area contributed by atoms with E-state index < -0.39 is 29.8 Å². The fourth-order valence-electron chi connectivity index (χ4n) is 4.03. The number of nitrogens with zero attached hydrogens (tertiary/aromatic N) is 2. The molecule has 252 valence electrons. The van der Waals surface area contributed by atoms with Gasteiger partial charge in [0.2, 0.25) is 17.7 Å². The van der Waals surface area contributed by atoms with Crippen molar-refractivity contribution in [2.24, 2.45) is 11.5 Å². The van der Waals surface area contributed by atoms with Gasteiger partial charge in [-0.25, -0.2) is 4.79 Å². The average Bonchev–Trinajstić information content (AvgIpc) is 3.01. The van der Waals surface area contributed by atoms with Crippen LogP contribution in [0.3, 0.4) is 0 Å². The summed E-state index contributed by atoms with van der Waals surface area (Å²) in [6.07, 6.45) is 6.66. The van der Waals surface area contributed by atoms with Crippen molar-refractivity contribution in [3.8, 4) is 0 Å². The number of nitrogens with two attached hydrogens (primary N) is 2. The molecular formula is C31H53N9O5. The molecule has 9 N–H and O–H groups in total. The molecule has 0 aliphatic rings. The van der Waals surface area contributed by atoms with Crippen LogP contribution in [-0.4, -0.2) is 100 Å². The summed E-state index contributed by atoms with van der Waals surface area (Å²) in [5.74, 6) is -0.556. The minimum atomic E-state index is -0.621. The number of carbonyl (C=O) groups excluding carboxylic acids is 4. The molecule has 0 aliphatic carbocycles. The number of allylic oxidation sites excluding steroid dienone is 2. The van der Waals surface area contributed by atoms with Gasteiger partial charge in [0.1, 0.15) is 6.61 Å². The summed E-state index contributed by atoms with van der Waals surface area (Å²) in [4.78, 5) is 51.4. The third kappa shape index (κ3) is 17.6. The molecule has 5 amide bonds. The summed E-state index contributed by atoms with van der Waals surface area (Å²) in [5, 5.41) is 13.8. The van der Waals surface area contributed by atoms with Crippen molar-refractivity contribution in [2.45, 2.75) is 52.2 Å². The first kappa shape index (κ1) is 38.7. The van der Waals surface area contributed by atoms with Crippen LogP contribution >= 0.6 is 0 Å². The van der Waals surface area contributed by atoms with Gasteiger partial charge in [-0.2, -0.15) is 0 Å². The van der Waals surface area contributed by atoms with Crippen LogP contribution in [0.15, 0.2) is 48.0 Å². The van der Waals surface area contributed by atoms with E-state index in [2.05, 4.69) is 49.4 Å². The van der Waals surface area contributed by atoms with Crippen molar-refractivity contribution in [1.29, 1.82) is 0 Å². The fraction of sp³-hybridized carbons (Fsp3) is 0.548. The number of benzene rings is 1. The summed E-state index contributed by atoms with van der Waals surface area (Å²) in [7, 11) is 6.11. The second-order valence-corrected chi connectivity index (χ2v) is 10.7. The molecule has 0 bridgehead atoms. The third-order valence-corrected chi connectivity index (χ3v) is 6.45. The first-order chi connectivity index (χ1) is 21.5. The number of hydrogen-bond acceptors (Lipinski definition) is 9. The van der Waals surface area contributed by atoms with Crippen molar-refractivity contribution in [1.82, 2.24) is 31.1 Å². The monoisotopic (exact) mass is 631 g/mol. The lowest BCUT2D eigenvalue weighted by molar-refractivity contribution is -0.127. The van der Waals surface area contributed by atoms with Crippen LogP contribution in [0.5, 0.6) is 0 Å². The van der Waals surface area contributed by atoms with E-state index in [9.17, 15) is 19.2 Å². The Morgan fingerprint density at radius 1 is 0.889 bits per heavy atom. The van der Waals surface area contributed by atoms with Gasteiger partial charge in [0.25, 0.3) is 0 Å². The molecule has 45 heavy (non-hydrogen) atoms. The van der Waals surface area contributed by atoms with E-state index in [1.165, 1.54) is 0 Å². The van der Waals surface area contributed by atoms with Crippen molar-refractivity contribution in [2.75, 3.05) is 65.7 Å². The summed E-state index contributed by atoms with van der Waals surface area (Å²) >= 11 is 0. The third-order valence-electron chi connectivity index (χ3n) is 6.45. The van der Waals surface area contributed by atoms with Crippen LogP contribution < -0.4 is 38.1 Å². The molecule has 0 aromatic heterocycles. The number of carbonyl (C=O) groups is 4. The van der Waals surface area contributed by atoms with E-state index in [-0.39, 0.29) is 19.6 Å². The molecule has 1 rings (SSSR count). The van der Waals surface area contributed by atoms with Gasteiger partial charge in [-0.3, -0.25) is 14.4 Å². The van der Waals surface area contributed by atoms with E-state index in [1.54, 1.807) is 0 Å². The first-order valence-corrected chi connectivity index (χ1v) is 15.3. The molecule has 0 radical (unpaired) electrons. The van der Waals surface area contributed by atoms with Gasteiger partial charge < -0.3 is 52.6 Å². The van der Waals surface area contributed by atoms with Gasteiger partial charge in [-0.15, -0.1) is 0 Å². The molecule has 0 saturated heterocycles. The SMILES string of the molecule is CC/C=C(\Nc1ccc(CO/C(=C/CC)N(C)CCN(C)C)cc1)C(CCCNC(N)=O)NC(=O)CNC(=O)CNC(=O)CN. The van der Waals surface area contributed by atoms with Crippen molar-refractivity contribution in [3.05, 3.63) is 53.6 Å². The average molecular weight is 632 g/mol. The molecule has 14 heteroatoms. The Labute approximate surface area is 267 Å². The van der Waals surface area contributed by atoms with Crippen LogP contribution in [0.1, 0.15) is 45.1 Å². The normalized spacial score (nSPS) is 12.2. The van der Waals surface area contributed by atoms with Crippen molar-refractivity contribution >= 4 is 29.4 Å². The Morgan fingerprint density at radius 3 is 2.13 bits per heavy atom. The number of hydrogen-bond donors (Lipinski definition) is 7. The number of urea groups is 1. The number of anilines is 1. The van der Waals surface area contributed by atoms with Crippen LogP contribution in [0.4, 0.5) is 10.5 Å². The zero-order chi connectivity index (χ0) is 33.6. The lowest BCUT2D eigenvalue weighted by Gasteiger charge is -2.25. The van der Waals surface area contributed by atoms with Gasteiger partial charge in [0, 0.05) is 38.1 Å². The first-order valence-electron chi connectivity index (χ1n) is 15.3.